The number of hydrogen-bond donors (Lipinski definition) is 2. The monoisotopic (exact) mass is 261 g/mol. The van der Waals surface area contributed by atoms with Crippen LogP contribution in [0.2, 0.25) is 0 Å². The Balaban J connectivity index is 1.97. The highest BCUT2D eigenvalue weighted by Crippen LogP contribution is 2.26. The first kappa shape index (κ1) is 14.2. The molecular weight excluding hydrogens is 234 g/mol. The van der Waals surface area contributed by atoms with Crippen LogP contribution in [0.4, 0.5) is 11.5 Å². The third kappa shape index (κ3) is 4.41. The quantitative estimate of drug-likeness (QED) is 0.777. The van der Waals surface area contributed by atoms with Crippen LogP contribution >= 0.6 is 0 Å². The van der Waals surface area contributed by atoms with Gasteiger partial charge in [0.05, 0.1) is 0 Å². The smallest absolute Gasteiger partial charge is 0.127 e. The maximum Gasteiger partial charge on any atom is 0.127 e. The lowest BCUT2D eigenvalue weighted by Gasteiger charge is -2.24. The van der Waals surface area contributed by atoms with E-state index in [-0.39, 0.29) is 0 Å². The molecule has 0 aromatic carbocycles. The Bertz CT molecular complexity index is 378. The number of anilines is 2. The highest BCUT2D eigenvalue weighted by Gasteiger charge is 2.19. The minimum atomic E-state index is 0.615. The Labute approximate surface area is 117 Å². The van der Waals surface area contributed by atoms with Crippen molar-refractivity contribution in [3.05, 3.63) is 18.3 Å². The number of rotatable bonds is 5. The summed E-state index contributed by atoms with van der Waals surface area (Å²) in [4.78, 5) is 4.36. The van der Waals surface area contributed by atoms with Crippen LogP contribution in [0.3, 0.4) is 0 Å². The Kier molecular flexibility index (Phi) is 5.49. The van der Waals surface area contributed by atoms with Crippen molar-refractivity contribution < 1.29 is 0 Å². The Hall–Kier alpha value is -1.25. The number of nitrogens with one attached hydrogen (secondary N) is 2. The predicted octanol–water partition coefficient (Wildman–Crippen LogP) is 4.28. The molecular formula is C16H27N3. The van der Waals surface area contributed by atoms with Gasteiger partial charge in [-0.1, -0.05) is 33.1 Å². The van der Waals surface area contributed by atoms with Gasteiger partial charge in [-0.05, 0) is 31.2 Å². The molecule has 106 valence electrons. The Morgan fingerprint density at radius 1 is 1.26 bits per heavy atom. The second-order valence-electron chi connectivity index (χ2n) is 5.72. The van der Waals surface area contributed by atoms with Crippen LogP contribution in [-0.2, 0) is 0 Å². The molecule has 0 radical (unpaired) electrons. The summed E-state index contributed by atoms with van der Waals surface area (Å²) in [6.45, 7) is 5.53. The Morgan fingerprint density at radius 3 is 2.95 bits per heavy atom. The molecule has 1 aliphatic carbocycles. The fraction of sp³-hybridized carbons (Fsp3) is 0.688. The molecule has 2 N–H and O–H groups in total. The standard InChI is InChI=1S/C16H27N3/c1-3-10-17-16-12-14(9-11-18-16)19-15-8-6-4-5-7-13(15)2/h9,11-13,15H,3-8,10H2,1-2H3,(H2,17,18,19). The first-order valence-electron chi connectivity index (χ1n) is 7.76. The van der Waals surface area contributed by atoms with Crippen molar-refractivity contribution in [3.63, 3.8) is 0 Å². The molecule has 1 aromatic rings. The molecule has 1 heterocycles. The number of nitrogens with zero attached hydrogens (tertiary/aromatic N) is 1. The van der Waals surface area contributed by atoms with Gasteiger partial charge in [-0.3, -0.25) is 0 Å². The van der Waals surface area contributed by atoms with Crippen molar-refractivity contribution >= 4 is 11.5 Å². The van der Waals surface area contributed by atoms with Gasteiger partial charge < -0.3 is 10.6 Å². The zero-order valence-corrected chi connectivity index (χ0v) is 12.3. The van der Waals surface area contributed by atoms with E-state index in [0.717, 1.165) is 24.7 Å². The average molecular weight is 261 g/mol. The normalized spacial score (nSPS) is 23.7. The first-order valence-corrected chi connectivity index (χ1v) is 7.76. The van der Waals surface area contributed by atoms with Crippen LogP contribution in [0.1, 0.15) is 52.4 Å². The summed E-state index contributed by atoms with van der Waals surface area (Å²) >= 11 is 0. The minimum Gasteiger partial charge on any atom is -0.382 e. The van der Waals surface area contributed by atoms with E-state index in [4.69, 9.17) is 0 Å². The maximum absolute atomic E-state index is 4.36. The summed E-state index contributed by atoms with van der Waals surface area (Å²) in [5.74, 6) is 1.75. The predicted molar refractivity (Wildman–Crippen MR) is 82.7 cm³/mol. The lowest BCUT2D eigenvalue weighted by molar-refractivity contribution is 0.456. The molecule has 3 nitrogen and oxygen atoms in total. The molecule has 1 aromatic heterocycles. The molecule has 0 spiro atoms. The van der Waals surface area contributed by atoms with Crippen molar-refractivity contribution in [3.8, 4) is 0 Å². The van der Waals surface area contributed by atoms with Gasteiger partial charge in [-0.25, -0.2) is 4.98 Å². The van der Waals surface area contributed by atoms with E-state index in [9.17, 15) is 0 Å². The van der Waals surface area contributed by atoms with E-state index < -0.39 is 0 Å². The SMILES string of the molecule is CCCNc1cc(NC2CCCCCC2C)ccn1. The van der Waals surface area contributed by atoms with Crippen molar-refractivity contribution in [2.75, 3.05) is 17.2 Å². The van der Waals surface area contributed by atoms with Gasteiger partial charge in [0, 0.05) is 30.5 Å². The van der Waals surface area contributed by atoms with E-state index >= 15 is 0 Å². The Morgan fingerprint density at radius 2 is 2.11 bits per heavy atom. The van der Waals surface area contributed by atoms with Crippen molar-refractivity contribution in [2.24, 2.45) is 5.92 Å². The molecule has 1 saturated carbocycles. The fourth-order valence-electron chi connectivity index (χ4n) is 2.79. The van der Waals surface area contributed by atoms with Gasteiger partial charge >= 0.3 is 0 Å². The molecule has 0 aliphatic heterocycles. The molecule has 1 aliphatic rings. The highest BCUT2D eigenvalue weighted by atomic mass is 15.0. The summed E-state index contributed by atoms with van der Waals surface area (Å²) in [6, 6.07) is 4.83. The number of pyridine rings is 1. The van der Waals surface area contributed by atoms with Crippen LogP contribution in [0, 0.1) is 5.92 Å². The minimum absolute atomic E-state index is 0.615. The van der Waals surface area contributed by atoms with Gasteiger partial charge in [0.25, 0.3) is 0 Å². The second kappa shape index (κ2) is 7.37. The topological polar surface area (TPSA) is 37.0 Å². The summed E-state index contributed by atoms with van der Waals surface area (Å²) in [5, 5.41) is 7.05. The van der Waals surface area contributed by atoms with Gasteiger partial charge in [0.1, 0.15) is 5.82 Å². The van der Waals surface area contributed by atoms with E-state index in [2.05, 4.69) is 41.6 Å². The van der Waals surface area contributed by atoms with Crippen molar-refractivity contribution in [1.82, 2.24) is 4.98 Å². The van der Waals surface area contributed by atoms with Gasteiger partial charge in [-0.15, -0.1) is 0 Å². The van der Waals surface area contributed by atoms with Crippen LogP contribution in [-0.4, -0.2) is 17.6 Å². The first-order chi connectivity index (χ1) is 9.29. The zero-order chi connectivity index (χ0) is 13.5. The summed E-state index contributed by atoms with van der Waals surface area (Å²) in [7, 11) is 0. The molecule has 2 unspecified atom stereocenters. The summed E-state index contributed by atoms with van der Waals surface area (Å²) in [6.07, 6.45) is 9.79. The fourth-order valence-corrected chi connectivity index (χ4v) is 2.79. The number of aromatic nitrogens is 1. The van der Waals surface area contributed by atoms with E-state index in [1.807, 2.05) is 6.20 Å². The van der Waals surface area contributed by atoms with E-state index in [0.29, 0.717) is 6.04 Å². The van der Waals surface area contributed by atoms with Gasteiger partial charge in [-0.2, -0.15) is 0 Å². The lowest BCUT2D eigenvalue weighted by atomic mass is 9.97. The lowest BCUT2D eigenvalue weighted by Crippen LogP contribution is -2.26. The molecule has 0 bridgehead atoms. The summed E-state index contributed by atoms with van der Waals surface area (Å²) in [5.41, 5.74) is 1.20. The van der Waals surface area contributed by atoms with Gasteiger partial charge in [0.2, 0.25) is 0 Å². The molecule has 3 heteroatoms. The molecule has 2 rings (SSSR count). The average Bonchev–Trinajstić information content (AvgIpc) is 2.62. The highest BCUT2D eigenvalue weighted by molar-refractivity contribution is 5.52. The third-order valence-corrected chi connectivity index (χ3v) is 4.03. The van der Waals surface area contributed by atoms with Gasteiger partial charge in [0.15, 0.2) is 0 Å². The third-order valence-electron chi connectivity index (χ3n) is 4.03. The summed E-state index contributed by atoms with van der Waals surface area (Å²) < 4.78 is 0. The number of hydrogen-bond acceptors (Lipinski definition) is 3. The van der Waals surface area contributed by atoms with E-state index in [1.165, 1.54) is 37.8 Å². The van der Waals surface area contributed by atoms with Crippen LogP contribution in [0.15, 0.2) is 18.3 Å². The molecule has 19 heavy (non-hydrogen) atoms. The zero-order valence-electron chi connectivity index (χ0n) is 12.3. The maximum atomic E-state index is 4.36. The molecule has 2 atom stereocenters. The molecule has 0 amide bonds. The second-order valence-corrected chi connectivity index (χ2v) is 5.72. The molecule has 1 fully saturated rings. The molecule has 0 saturated heterocycles. The van der Waals surface area contributed by atoms with E-state index in [1.54, 1.807) is 0 Å². The van der Waals surface area contributed by atoms with Crippen LogP contribution in [0.25, 0.3) is 0 Å². The van der Waals surface area contributed by atoms with Crippen molar-refractivity contribution in [2.45, 2.75) is 58.4 Å². The van der Waals surface area contributed by atoms with Crippen LogP contribution < -0.4 is 10.6 Å². The van der Waals surface area contributed by atoms with Crippen LogP contribution in [0.5, 0.6) is 0 Å². The van der Waals surface area contributed by atoms with Crippen molar-refractivity contribution in [1.29, 1.82) is 0 Å². The largest absolute Gasteiger partial charge is 0.382 e.